The minimum absolute atomic E-state index is 0.0971. The number of hydrogen-bond acceptors (Lipinski definition) is 7. The van der Waals surface area contributed by atoms with Crippen molar-refractivity contribution < 1.29 is 23.5 Å². The Morgan fingerprint density at radius 3 is 2.52 bits per heavy atom. The first-order valence-corrected chi connectivity index (χ1v) is 13.0. The van der Waals surface area contributed by atoms with Crippen LogP contribution in [-0.2, 0) is 18.9 Å². The van der Waals surface area contributed by atoms with Crippen LogP contribution in [0.15, 0.2) is 58.5 Å². The second kappa shape index (κ2) is 9.02. The molecule has 0 N–H and O–H groups in total. The quantitative estimate of drug-likeness (QED) is 0.322. The topological polar surface area (TPSA) is 50.6 Å². The molecule has 0 bridgehead atoms. The van der Waals surface area contributed by atoms with E-state index in [2.05, 4.69) is 77.9 Å². The molecule has 0 saturated carbocycles. The molecule has 2 fully saturated rings. The molecule has 1 aromatic heterocycles. The third-order valence-electron chi connectivity index (χ3n) is 5.98. The van der Waals surface area contributed by atoms with Crippen LogP contribution in [0.2, 0.25) is 0 Å². The Labute approximate surface area is 201 Å². The van der Waals surface area contributed by atoms with Gasteiger partial charge in [0.25, 0.3) is 11.2 Å². The third-order valence-corrected chi connectivity index (χ3v) is 8.16. The summed E-state index contributed by atoms with van der Waals surface area (Å²) in [5, 5.41) is 2.30. The molecular formula is C25H27N2O4S2+. The van der Waals surface area contributed by atoms with Crippen LogP contribution < -0.4 is 9.47 Å². The molecule has 0 aliphatic carbocycles. The molecule has 33 heavy (non-hydrogen) atoms. The number of aromatic nitrogens is 1. The van der Waals surface area contributed by atoms with Crippen molar-refractivity contribution in [2.45, 2.75) is 43.4 Å². The molecule has 3 aromatic rings. The van der Waals surface area contributed by atoms with Gasteiger partial charge in [0, 0.05) is 17.9 Å². The summed E-state index contributed by atoms with van der Waals surface area (Å²) in [5.74, 6) is 0. The van der Waals surface area contributed by atoms with Crippen LogP contribution in [-0.4, -0.2) is 44.9 Å². The molecule has 4 atom stereocenters. The van der Waals surface area contributed by atoms with Crippen molar-refractivity contribution >= 4 is 45.1 Å². The Morgan fingerprint density at radius 2 is 1.73 bits per heavy atom. The van der Waals surface area contributed by atoms with E-state index < -0.39 is 0 Å². The molecule has 4 unspecified atom stereocenters. The number of hydrogen-bond donors (Lipinski definition) is 0. The van der Waals surface area contributed by atoms with Gasteiger partial charge in [0.05, 0.1) is 43.2 Å². The lowest BCUT2D eigenvalue weighted by molar-refractivity contribution is -0.734. The normalized spacial score (nSPS) is 24.3. The van der Waals surface area contributed by atoms with Crippen molar-refractivity contribution in [3.05, 3.63) is 58.6 Å². The zero-order valence-electron chi connectivity index (χ0n) is 18.7. The van der Waals surface area contributed by atoms with Gasteiger partial charge in [-0.05, 0) is 25.1 Å². The molecule has 0 spiro atoms. The Morgan fingerprint density at radius 1 is 1.03 bits per heavy atom. The highest BCUT2D eigenvalue weighted by molar-refractivity contribution is 8.03. The third kappa shape index (κ3) is 4.56. The van der Waals surface area contributed by atoms with Crippen LogP contribution >= 0.6 is 23.1 Å². The van der Waals surface area contributed by atoms with Gasteiger partial charge in [-0.2, -0.15) is 4.57 Å². The van der Waals surface area contributed by atoms with E-state index in [0.717, 1.165) is 23.3 Å². The van der Waals surface area contributed by atoms with Gasteiger partial charge < -0.3 is 23.8 Å². The van der Waals surface area contributed by atoms with Gasteiger partial charge in [0.1, 0.15) is 23.1 Å². The molecular weight excluding hydrogens is 456 g/mol. The van der Waals surface area contributed by atoms with E-state index in [0.29, 0.717) is 13.2 Å². The highest BCUT2D eigenvalue weighted by atomic mass is 32.2. The highest BCUT2D eigenvalue weighted by Gasteiger charge is 2.34. The summed E-state index contributed by atoms with van der Waals surface area (Å²) in [6, 6.07) is 17.0. The monoisotopic (exact) mass is 483 g/mol. The standard InChI is InChI=1S/C25H27N2O4S2/c1-16(28-12-18-14-30-18)26-20-7-3-5-9-22(20)32-24(26)11-25-27(17(2)29-13-19-15-31-19)21-8-4-6-10-23(21)33-25/h3-11,16-19H,12-15H2,1-2H3/q+1. The van der Waals surface area contributed by atoms with Crippen molar-refractivity contribution in [1.29, 1.82) is 0 Å². The van der Waals surface area contributed by atoms with E-state index in [1.807, 2.05) is 0 Å². The van der Waals surface area contributed by atoms with Crippen molar-refractivity contribution in [3.63, 3.8) is 0 Å². The minimum atomic E-state index is -0.0971. The summed E-state index contributed by atoms with van der Waals surface area (Å²) in [6.45, 7) is 7.06. The van der Waals surface area contributed by atoms with Crippen LogP contribution in [0.4, 0.5) is 5.69 Å². The van der Waals surface area contributed by atoms with Gasteiger partial charge in [0.15, 0.2) is 0 Å². The smallest absolute Gasteiger partial charge is 0.267 e. The summed E-state index contributed by atoms with van der Waals surface area (Å²) in [6.07, 6.45) is 2.56. The number of benzene rings is 2. The predicted octanol–water partition coefficient (Wildman–Crippen LogP) is 4.79. The average molecular weight is 484 g/mol. The fourth-order valence-electron chi connectivity index (χ4n) is 4.07. The Hall–Kier alpha value is -1.94. The first-order valence-electron chi connectivity index (χ1n) is 11.3. The molecule has 0 amide bonds. The van der Waals surface area contributed by atoms with Crippen LogP contribution in [0.25, 0.3) is 16.3 Å². The predicted molar refractivity (Wildman–Crippen MR) is 130 cm³/mol. The molecule has 4 heterocycles. The number of anilines is 1. The summed E-state index contributed by atoms with van der Waals surface area (Å²) in [5.41, 5.74) is 2.36. The molecule has 2 aromatic carbocycles. The summed E-state index contributed by atoms with van der Waals surface area (Å²) in [7, 11) is 0. The molecule has 6 rings (SSSR count). The molecule has 172 valence electrons. The largest absolute Gasteiger partial charge is 0.371 e. The fourth-order valence-corrected chi connectivity index (χ4v) is 6.46. The van der Waals surface area contributed by atoms with Gasteiger partial charge >= 0.3 is 0 Å². The number of para-hydroxylation sites is 2. The Kier molecular flexibility index (Phi) is 5.90. The maximum Gasteiger partial charge on any atom is 0.267 e. The maximum absolute atomic E-state index is 6.19. The first kappa shape index (κ1) is 21.6. The van der Waals surface area contributed by atoms with Crippen LogP contribution in [0.3, 0.4) is 0 Å². The fraction of sp³-hybridized carbons (Fsp3) is 0.400. The summed E-state index contributed by atoms with van der Waals surface area (Å²) >= 11 is 3.57. The number of rotatable bonds is 9. The average Bonchev–Trinajstić information content (AvgIpc) is 3.75. The van der Waals surface area contributed by atoms with Crippen molar-refractivity contribution in [2.75, 3.05) is 31.3 Å². The number of fused-ring (bicyclic) bond motifs is 2. The molecule has 0 radical (unpaired) electrons. The van der Waals surface area contributed by atoms with E-state index >= 15 is 0 Å². The Bertz CT molecular complexity index is 1190. The SMILES string of the molecule is CC(OCC1CO1)N1/C(=C/c2sc3ccccc3[n+]2C(C)OCC2CO2)Sc2ccccc21. The Balaban J connectivity index is 1.36. The lowest BCUT2D eigenvalue weighted by atomic mass is 10.3. The molecule has 8 heteroatoms. The van der Waals surface area contributed by atoms with Gasteiger partial charge in [-0.15, -0.1) is 0 Å². The van der Waals surface area contributed by atoms with Gasteiger partial charge in [-0.1, -0.05) is 47.4 Å². The van der Waals surface area contributed by atoms with Crippen molar-refractivity contribution in [2.24, 2.45) is 0 Å². The van der Waals surface area contributed by atoms with Crippen molar-refractivity contribution in [1.82, 2.24) is 0 Å². The van der Waals surface area contributed by atoms with Crippen LogP contribution in [0, 0.1) is 0 Å². The lowest BCUT2D eigenvalue weighted by Gasteiger charge is -2.27. The zero-order valence-corrected chi connectivity index (χ0v) is 20.3. The number of epoxide rings is 2. The summed E-state index contributed by atoms with van der Waals surface area (Å²) < 4.78 is 26.6. The van der Waals surface area contributed by atoms with E-state index in [1.54, 1.807) is 23.1 Å². The second-order valence-corrected chi connectivity index (χ2v) is 10.6. The minimum Gasteiger partial charge on any atom is -0.371 e. The molecule has 2 saturated heterocycles. The first-order chi connectivity index (χ1) is 16.2. The second-order valence-electron chi connectivity index (χ2n) is 8.48. The summed E-state index contributed by atoms with van der Waals surface area (Å²) in [4.78, 5) is 3.53. The lowest BCUT2D eigenvalue weighted by Crippen LogP contribution is -2.41. The number of thiazole rings is 1. The van der Waals surface area contributed by atoms with Gasteiger partial charge in [-0.25, -0.2) is 0 Å². The maximum atomic E-state index is 6.19. The number of thioether (sulfide) groups is 1. The molecule has 3 aliphatic rings. The highest BCUT2D eigenvalue weighted by Crippen LogP contribution is 2.48. The zero-order chi connectivity index (χ0) is 22.4. The van der Waals surface area contributed by atoms with Crippen molar-refractivity contribution in [3.8, 4) is 0 Å². The van der Waals surface area contributed by atoms with Gasteiger partial charge in [-0.3, -0.25) is 0 Å². The van der Waals surface area contributed by atoms with E-state index in [9.17, 15) is 0 Å². The van der Waals surface area contributed by atoms with Crippen LogP contribution in [0.1, 0.15) is 25.1 Å². The molecule has 3 aliphatic heterocycles. The van der Waals surface area contributed by atoms with Crippen LogP contribution in [0.5, 0.6) is 0 Å². The number of nitrogens with zero attached hydrogens (tertiary/aromatic N) is 2. The van der Waals surface area contributed by atoms with Gasteiger partial charge in [0.2, 0.25) is 5.52 Å². The molecule has 6 nitrogen and oxygen atoms in total. The number of ether oxygens (including phenoxy) is 4. The van der Waals surface area contributed by atoms with E-state index in [1.165, 1.54) is 20.8 Å². The van der Waals surface area contributed by atoms with E-state index in [4.69, 9.17) is 18.9 Å². The van der Waals surface area contributed by atoms with E-state index in [-0.39, 0.29) is 24.7 Å².